The van der Waals surface area contributed by atoms with Gasteiger partial charge in [0.25, 0.3) is 10.0 Å². The van der Waals surface area contributed by atoms with Crippen LogP contribution in [0.5, 0.6) is 0 Å². The molecule has 0 saturated carbocycles. The summed E-state index contributed by atoms with van der Waals surface area (Å²) in [5.74, 6) is 1.79. The number of sulfonamides is 1. The van der Waals surface area contributed by atoms with Crippen molar-refractivity contribution >= 4 is 61.9 Å². The minimum atomic E-state index is -3.81. The first-order valence-electron chi connectivity index (χ1n) is 10.9. The molecule has 3 N–H and O–H groups in total. The summed E-state index contributed by atoms with van der Waals surface area (Å²) in [6.45, 7) is 5.84. The fourth-order valence-corrected chi connectivity index (χ4v) is 4.76. The molecular weight excluding hydrogens is 488 g/mol. The lowest BCUT2D eigenvalue weighted by atomic mass is 10.2. The summed E-state index contributed by atoms with van der Waals surface area (Å²) >= 11 is 5.40. The zero-order valence-electron chi connectivity index (χ0n) is 20.0. The maximum absolute atomic E-state index is 12.2. The van der Waals surface area contributed by atoms with Crippen LogP contribution in [0.15, 0.2) is 53.6 Å². The molecule has 0 bridgehead atoms. The Bertz CT molecular complexity index is 1490. The largest absolute Gasteiger partial charge is 0.353 e. The summed E-state index contributed by atoms with van der Waals surface area (Å²) in [4.78, 5) is 15.6. The van der Waals surface area contributed by atoms with Crippen molar-refractivity contribution in [2.24, 2.45) is 7.05 Å². The van der Waals surface area contributed by atoms with Crippen molar-refractivity contribution in [2.75, 3.05) is 22.6 Å². The van der Waals surface area contributed by atoms with E-state index in [-0.39, 0.29) is 10.9 Å². The van der Waals surface area contributed by atoms with Gasteiger partial charge in [0.15, 0.2) is 0 Å². The second-order valence-electron chi connectivity index (χ2n) is 8.45. The Morgan fingerprint density at radius 2 is 1.86 bits per heavy atom. The zero-order valence-corrected chi connectivity index (χ0v) is 21.6. The Balaban J connectivity index is 1.60. The molecule has 2 aromatic carbocycles. The van der Waals surface area contributed by atoms with E-state index in [1.165, 1.54) is 6.07 Å². The van der Waals surface area contributed by atoms with Gasteiger partial charge in [0.05, 0.1) is 15.9 Å². The monoisotopic (exact) mass is 514 g/mol. The van der Waals surface area contributed by atoms with Gasteiger partial charge in [-0.1, -0.05) is 6.07 Å². The van der Waals surface area contributed by atoms with Crippen LogP contribution in [0.4, 0.5) is 29.1 Å². The zero-order chi connectivity index (χ0) is 25.3. The quantitative estimate of drug-likeness (QED) is 0.295. The molecule has 0 aliphatic heterocycles. The van der Waals surface area contributed by atoms with Crippen molar-refractivity contribution in [3.05, 3.63) is 54.2 Å². The molecule has 0 spiro atoms. The molecular formula is C23H27ClN8O2S. The molecule has 35 heavy (non-hydrogen) atoms. The highest BCUT2D eigenvalue weighted by Crippen LogP contribution is 2.28. The molecule has 12 heteroatoms. The van der Waals surface area contributed by atoms with E-state index in [1.807, 2.05) is 46.0 Å². The molecule has 0 amide bonds. The van der Waals surface area contributed by atoms with Crippen LogP contribution in [0, 0.1) is 6.92 Å². The lowest BCUT2D eigenvalue weighted by Crippen LogP contribution is -2.15. The van der Waals surface area contributed by atoms with E-state index in [9.17, 15) is 8.42 Å². The summed E-state index contributed by atoms with van der Waals surface area (Å²) in [5.41, 5.74) is 3.88. The van der Waals surface area contributed by atoms with Crippen LogP contribution in [0.25, 0.3) is 11.0 Å². The van der Waals surface area contributed by atoms with Crippen LogP contribution in [-0.2, 0) is 17.1 Å². The lowest BCUT2D eigenvalue weighted by Gasteiger charge is -2.19. The van der Waals surface area contributed by atoms with Gasteiger partial charge >= 0.3 is 0 Å². The third-order valence-electron chi connectivity index (χ3n) is 5.49. The van der Waals surface area contributed by atoms with Gasteiger partial charge in [-0.25, -0.2) is 18.4 Å². The summed E-state index contributed by atoms with van der Waals surface area (Å²) in [6, 6.07) is 13.0. The van der Waals surface area contributed by atoms with E-state index < -0.39 is 10.0 Å². The molecule has 10 nitrogen and oxygen atoms in total. The third-order valence-corrected chi connectivity index (χ3v) is 7.32. The van der Waals surface area contributed by atoms with Gasteiger partial charge in [0.1, 0.15) is 5.82 Å². The molecule has 4 rings (SSSR count). The Hall–Kier alpha value is -3.41. The van der Waals surface area contributed by atoms with Crippen LogP contribution >= 0.6 is 11.8 Å². The number of anilines is 5. The Labute approximate surface area is 209 Å². The molecule has 184 valence electrons. The van der Waals surface area contributed by atoms with Crippen LogP contribution in [-0.4, -0.2) is 41.0 Å². The minimum absolute atomic E-state index is 0.0702. The van der Waals surface area contributed by atoms with E-state index >= 15 is 0 Å². The Morgan fingerprint density at radius 3 is 2.57 bits per heavy atom. The lowest BCUT2D eigenvalue weighted by molar-refractivity contribution is 0.593. The average molecular weight is 515 g/mol. The van der Waals surface area contributed by atoms with E-state index in [2.05, 4.69) is 34.4 Å². The van der Waals surface area contributed by atoms with Crippen LogP contribution in [0.1, 0.15) is 19.4 Å². The highest BCUT2D eigenvalue weighted by molar-refractivity contribution is 7.90. The van der Waals surface area contributed by atoms with Crippen molar-refractivity contribution in [2.45, 2.75) is 31.7 Å². The first kappa shape index (κ1) is 24.7. The van der Waals surface area contributed by atoms with E-state index in [0.717, 1.165) is 22.7 Å². The normalized spacial score (nSPS) is 11.7. The van der Waals surface area contributed by atoms with Crippen LogP contribution in [0.3, 0.4) is 0 Å². The summed E-state index contributed by atoms with van der Waals surface area (Å²) < 4.78 is 28.2. The molecule has 0 saturated heterocycles. The molecule has 4 aromatic rings. The minimum Gasteiger partial charge on any atom is -0.353 e. The molecule has 0 aliphatic rings. The molecule has 0 unspecified atom stereocenters. The van der Waals surface area contributed by atoms with Gasteiger partial charge in [-0.3, -0.25) is 0 Å². The maximum atomic E-state index is 12.2. The Morgan fingerprint density at radius 1 is 1.09 bits per heavy atom. The fraction of sp³-hybridized carbons (Fsp3) is 0.261. The van der Waals surface area contributed by atoms with Gasteiger partial charge in [-0.15, -0.1) is 4.24 Å². The molecule has 2 aromatic heterocycles. The number of rotatable bonds is 8. The number of imidazole rings is 1. The van der Waals surface area contributed by atoms with Crippen LogP contribution in [0.2, 0.25) is 0 Å². The summed E-state index contributed by atoms with van der Waals surface area (Å²) in [6.07, 6.45) is 1.64. The topological polar surface area (TPSA) is 117 Å². The SMILES string of the molecule is Cc1ccc(Nc2nccc(N(C)c3ccc4c(c3)nc(NC(C)C)n4C)n2)cc1S(=O)(=O)NCl. The number of nitrogens with one attached hydrogen (secondary N) is 3. The number of halogens is 1. The third kappa shape index (κ3) is 5.16. The van der Waals surface area contributed by atoms with Crippen LogP contribution < -0.4 is 19.8 Å². The molecule has 2 heterocycles. The molecule has 0 radical (unpaired) electrons. The van der Waals surface area contributed by atoms with Gasteiger partial charge in [-0.2, -0.15) is 4.98 Å². The molecule has 0 atom stereocenters. The van der Waals surface area contributed by atoms with Crippen molar-refractivity contribution in [3.63, 3.8) is 0 Å². The second-order valence-corrected chi connectivity index (χ2v) is 10.5. The van der Waals surface area contributed by atoms with E-state index in [1.54, 1.807) is 31.3 Å². The predicted molar refractivity (Wildman–Crippen MR) is 140 cm³/mol. The number of nitrogens with zero attached hydrogens (tertiary/aromatic N) is 5. The van der Waals surface area contributed by atoms with Gasteiger partial charge in [-0.05, 0) is 74.5 Å². The fourth-order valence-electron chi connectivity index (χ4n) is 3.65. The van der Waals surface area contributed by atoms with Crippen molar-refractivity contribution in [1.82, 2.24) is 23.8 Å². The number of aryl methyl sites for hydroxylation is 2. The predicted octanol–water partition coefficient (Wildman–Crippen LogP) is 4.44. The van der Waals surface area contributed by atoms with Crippen molar-refractivity contribution in [3.8, 4) is 0 Å². The number of benzene rings is 2. The second kappa shape index (κ2) is 9.68. The van der Waals surface area contributed by atoms with Gasteiger partial charge < -0.3 is 20.1 Å². The molecule has 0 fully saturated rings. The summed E-state index contributed by atoms with van der Waals surface area (Å²) in [5, 5.41) is 6.42. The average Bonchev–Trinajstić information content (AvgIpc) is 3.13. The number of hydrogen-bond acceptors (Lipinski definition) is 8. The van der Waals surface area contributed by atoms with Gasteiger partial charge in [0.2, 0.25) is 11.9 Å². The van der Waals surface area contributed by atoms with Gasteiger partial charge in [0, 0.05) is 37.7 Å². The van der Waals surface area contributed by atoms with E-state index in [0.29, 0.717) is 23.0 Å². The van der Waals surface area contributed by atoms with Crippen molar-refractivity contribution < 1.29 is 8.42 Å². The highest BCUT2D eigenvalue weighted by Gasteiger charge is 2.17. The number of fused-ring (bicyclic) bond motifs is 1. The maximum Gasteiger partial charge on any atom is 0.254 e. The number of hydrogen-bond donors (Lipinski definition) is 3. The Kier molecular flexibility index (Phi) is 6.84. The first-order chi connectivity index (χ1) is 16.6. The molecule has 0 aliphatic carbocycles. The highest BCUT2D eigenvalue weighted by atomic mass is 35.5. The standard InChI is InChI=1S/C23H27ClN8O2S/c1-14(2)26-23-28-18-13-17(8-9-19(18)32(23)5)31(4)21-10-11-25-22(29-21)27-16-7-6-15(3)20(12-16)35(33,34)30-24/h6-14,30H,1-5H3,(H,26,28)(H,25,27,29). The summed E-state index contributed by atoms with van der Waals surface area (Å²) in [7, 11) is 0.0785. The first-order valence-corrected chi connectivity index (χ1v) is 12.7. The smallest absolute Gasteiger partial charge is 0.254 e. The number of aromatic nitrogens is 4. The van der Waals surface area contributed by atoms with E-state index in [4.69, 9.17) is 16.8 Å². The van der Waals surface area contributed by atoms with Crippen molar-refractivity contribution in [1.29, 1.82) is 0 Å².